The number of anilines is 1. The van der Waals surface area contributed by atoms with Crippen molar-refractivity contribution in [3.05, 3.63) is 81.7 Å². The van der Waals surface area contributed by atoms with Gasteiger partial charge in [-0.2, -0.15) is 0 Å². The van der Waals surface area contributed by atoms with Crippen LogP contribution in [0.5, 0.6) is 5.75 Å². The Hall–Kier alpha value is -3.25. The molecular formula is C31H32ClF2N3O4S2. The number of methoxy groups -OCH3 is 1. The number of ether oxygens (including phenoxy) is 1. The average molecular weight is 648 g/mol. The highest BCUT2D eigenvalue weighted by atomic mass is 35.5. The molecule has 0 atom stereocenters. The second kappa shape index (κ2) is 12.8. The van der Waals surface area contributed by atoms with Crippen LogP contribution in [0.1, 0.15) is 40.9 Å². The van der Waals surface area contributed by atoms with Crippen molar-refractivity contribution in [3.63, 3.8) is 0 Å². The summed E-state index contributed by atoms with van der Waals surface area (Å²) in [6.07, 6.45) is 4.34. The van der Waals surface area contributed by atoms with E-state index in [4.69, 9.17) is 16.3 Å². The highest BCUT2D eigenvalue weighted by Gasteiger charge is 2.33. The van der Waals surface area contributed by atoms with Gasteiger partial charge in [0.2, 0.25) is 10.0 Å². The fraction of sp³-hybridized carbons (Fsp3) is 0.323. The molecule has 4 aromatic rings. The standard InChI is InChI=1S/C31H32ClF2N3O4S2/c1-35-21-9-11-23(12-10-21)37(31(38)30-28(32)27-24(33)13-14-25(34)29(27)42-30)17-20-16-19(6-15-26(20)41-2)18-4-7-22(8-5-18)36-43(3,39)40/h4-8,13-16,21,23,35-36H,9-12,17H2,1-3H3/t21-,23+. The summed E-state index contributed by atoms with van der Waals surface area (Å²) in [6.45, 7) is 0.188. The first-order valence-electron chi connectivity index (χ1n) is 13.8. The van der Waals surface area contributed by atoms with E-state index in [2.05, 4.69) is 10.0 Å². The molecule has 1 amide bonds. The van der Waals surface area contributed by atoms with Crippen molar-refractivity contribution >= 4 is 54.6 Å². The SMILES string of the molecule is CN[C@H]1CC[C@@H](N(Cc2cc(-c3ccc(NS(C)(=O)=O)cc3)ccc2OC)C(=O)c2sc3c(F)ccc(F)c3c2Cl)CC1. The van der Waals surface area contributed by atoms with Crippen molar-refractivity contribution in [2.75, 3.05) is 25.1 Å². The number of benzene rings is 3. The Bertz CT molecular complexity index is 1760. The van der Waals surface area contributed by atoms with E-state index in [1.165, 1.54) is 0 Å². The Labute approximate surface area is 258 Å². The van der Waals surface area contributed by atoms with Gasteiger partial charge in [0.15, 0.2) is 0 Å². The van der Waals surface area contributed by atoms with Crippen LogP contribution < -0.4 is 14.8 Å². The third kappa shape index (κ3) is 6.80. The van der Waals surface area contributed by atoms with Gasteiger partial charge in [-0.15, -0.1) is 11.3 Å². The molecule has 1 saturated carbocycles. The Kier molecular flexibility index (Phi) is 9.26. The van der Waals surface area contributed by atoms with Crippen LogP contribution in [0.15, 0.2) is 54.6 Å². The molecule has 0 bridgehead atoms. The van der Waals surface area contributed by atoms with Gasteiger partial charge in [-0.25, -0.2) is 17.2 Å². The lowest BCUT2D eigenvalue weighted by atomic mass is 9.89. The molecule has 0 saturated heterocycles. The van der Waals surface area contributed by atoms with Gasteiger partial charge >= 0.3 is 0 Å². The lowest BCUT2D eigenvalue weighted by molar-refractivity contribution is 0.0604. The number of hydrogen-bond acceptors (Lipinski definition) is 6. The maximum atomic E-state index is 14.7. The molecule has 0 spiro atoms. The molecule has 0 radical (unpaired) electrons. The van der Waals surface area contributed by atoms with Gasteiger partial charge in [-0.3, -0.25) is 9.52 Å². The van der Waals surface area contributed by atoms with E-state index in [0.717, 1.165) is 72.1 Å². The molecule has 1 aromatic heterocycles. The summed E-state index contributed by atoms with van der Waals surface area (Å²) in [4.78, 5) is 16.1. The number of fused-ring (bicyclic) bond motifs is 1. The largest absolute Gasteiger partial charge is 0.496 e. The first kappa shape index (κ1) is 31.2. The Morgan fingerprint density at radius 3 is 2.28 bits per heavy atom. The monoisotopic (exact) mass is 647 g/mol. The maximum absolute atomic E-state index is 14.7. The molecule has 0 aliphatic heterocycles. The van der Waals surface area contributed by atoms with E-state index >= 15 is 0 Å². The molecule has 12 heteroatoms. The number of carbonyl (C=O) groups is 1. The molecule has 1 aliphatic carbocycles. The van der Waals surface area contributed by atoms with Crippen molar-refractivity contribution < 1.29 is 26.7 Å². The molecule has 1 aliphatic rings. The van der Waals surface area contributed by atoms with Crippen LogP contribution in [0.2, 0.25) is 5.02 Å². The molecule has 228 valence electrons. The summed E-state index contributed by atoms with van der Waals surface area (Å²) in [5.41, 5.74) is 2.88. The third-order valence-corrected chi connectivity index (χ3v) is 10.1. The summed E-state index contributed by atoms with van der Waals surface area (Å²) in [6, 6.07) is 14.9. The Morgan fingerprint density at radius 2 is 1.67 bits per heavy atom. The van der Waals surface area contributed by atoms with Crippen molar-refractivity contribution in [1.82, 2.24) is 10.2 Å². The predicted octanol–water partition coefficient (Wildman–Crippen LogP) is 7.05. The highest BCUT2D eigenvalue weighted by molar-refractivity contribution is 7.92. The van der Waals surface area contributed by atoms with Crippen LogP contribution in [-0.2, 0) is 16.6 Å². The van der Waals surface area contributed by atoms with E-state index in [0.29, 0.717) is 17.5 Å². The molecule has 43 heavy (non-hydrogen) atoms. The molecule has 2 N–H and O–H groups in total. The lowest BCUT2D eigenvalue weighted by Gasteiger charge is -2.37. The van der Waals surface area contributed by atoms with Crippen molar-refractivity contribution in [3.8, 4) is 16.9 Å². The second-order valence-corrected chi connectivity index (χ2v) is 13.8. The number of thiophene rings is 1. The molecule has 0 unspecified atom stereocenters. The van der Waals surface area contributed by atoms with Crippen LogP contribution in [0.3, 0.4) is 0 Å². The fourth-order valence-corrected chi connectivity index (χ4v) is 7.69. The van der Waals surface area contributed by atoms with Crippen molar-refractivity contribution in [2.24, 2.45) is 0 Å². The number of hydrogen-bond donors (Lipinski definition) is 2. The highest BCUT2D eigenvalue weighted by Crippen LogP contribution is 2.40. The first-order valence-corrected chi connectivity index (χ1v) is 16.9. The van der Waals surface area contributed by atoms with Gasteiger partial charge in [0.25, 0.3) is 5.91 Å². The Balaban J connectivity index is 1.52. The van der Waals surface area contributed by atoms with Crippen molar-refractivity contribution in [1.29, 1.82) is 0 Å². The molecule has 1 heterocycles. The number of amides is 1. The number of rotatable bonds is 9. The zero-order chi connectivity index (χ0) is 30.9. The number of nitrogens with one attached hydrogen (secondary N) is 2. The minimum absolute atomic E-state index is 0.0144. The summed E-state index contributed by atoms with van der Waals surface area (Å²) < 4.78 is 60.6. The minimum Gasteiger partial charge on any atom is -0.496 e. The van der Waals surface area contributed by atoms with Gasteiger partial charge in [0, 0.05) is 29.9 Å². The van der Waals surface area contributed by atoms with Crippen LogP contribution in [-0.4, -0.2) is 51.7 Å². The zero-order valence-corrected chi connectivity index (χ0v) is 26.3. The van der Waals surface area contributed by atoms with Gasteiger partial charge in [0.05, 0.1) is 28.5 Å². The van der Waals surface area contributed by atoms with Crippen LogP contribution in [0.25, 0.3) is 21.2 Å². The van der Waals surface area contributed by atoms with E-state index < -0.39 is 21.7 Å². The van der Waals surface area contributed by atoms with Gasteiger partial charge in [0.1, 0.15) is 22.3 Å². The number of sulfonamides is 1. The van der Waals surface area contributed by atoms with Crippen LogP contribution in [0, 0.1) is 11.6 Å². The third-order valence-electron chi connectivity index (χ3n) is 7.83. The zero-order valence-electron chi connectivity index (χ0n) is 23.9. The molecule has 1 fully saturated rings. The van der Waals surface area contributed by atoms with E-state index in [9.17, 15) is 22.0 Å². The average Bonchev–Trinajstić information content (AvgIpc) is 3.35. The topological polar surface area (TPSA) is 87.7 Å². The number of halogens is 3. The van der Waals surface area contributed by atoms with Gasteiger partial charge in [-0.05, 0) is 80.3 Å². The van der Waals surface area contributed by atoms with Gasteiger partial charge in [-0.1, -0.05) is 29.8 Å². The van der Waals surface area contributed by atoms with E-state index in [-0.39, 0.29) is 38.5 Å². The van der Waals surface area contributed by atoms with Crippen LogP contribution >= 0.6 is 22.9 Å². The van der Waals surface area contributed by atoms with E-state index in [1.54, 1.807) is 36.3 Å². The molecular weight excluding hydrogens is 616 g/mol. The number of nitrogens with zero attached hydrogens (tertiary/aromatic N) is 1. The van der Waals surface area contributed by atoms with Crippen molar-refractivity contribution in [2.45, 2.75) is 44.3 Å². The minimum atomic E-state index is -3.41. The molecule has 7 nitrogen and oxygen atoms in total. The summed E-state index contributed by atoms with van der Waals surface area (Å²) in [5, 5.41) is 3.14. The van der Waals surface area contributed by atoms with Crippen LogP contribution in [0.4, 0.5) is 14.5 Å². The van der Waals surface area contributed by atoms with E-state index in [1.807, 2.05) is 25.2 Å². The fourth-order valence-electron chi connectivity index (χ4n) is 5.62. The van der Waals surface area contributed by atoms with Gasteiger partial charge < -0.3 is 15.0 Å². The first-order chi connectivity index (χ1) is 20.5. The maximum Gasteiger partial charge on any atom is 0.266 e. The normalized spacial score (nSPS) is 17.2. The predicted molar refractivity (Wildman–Crippen MR) is 169 cm³/mol. The summed E-state index contributed by atoms with van der Waals surface area (Å²) in [5.74, 6) is -1.11. The lowest BCUT2D eigenvalue weighted by Crippen LogP contribution is -2.44. The summed E-state index contributed by atoms with van der Waals surface area (Å²) in [7, 11) is 0.0773. The number of carbonyl (C=O) groups excluding carboxylic acids is 1. The summed E-state index contributed by atoms with van der Waals surface area (Å²) >= 11 is 7.42. The molecule has 5 rings (SSSR count). The smallest absolute Gasteiger partial charge is 0.266 e. The molecule has 3 aromatic carbocycles. The second-order valence-electron chi connectivity index (χ2n) is 10.7. The quantitative estimate of drug-likeness (QED) is 0.203. The Morgan fingerprint density at radius 1 is 1.02 bits per heavy atom.